The molecule has 0 spiro atoms. The van der Waals surface area contributed by atoms with Crippen LogP contribution in [0.1, 0.15) is 25.7 Å². The van der Waals surface area contributed by atoms with Crippen LogP contribution in [0.5, 0.6) is 11.5 Å². The van der Waals surface area contributed by atoms with Crippen molar-refractivity contribution in [3.05, 3.63) is 67.0 Å². The third-order valence-electron chi connectivity index (χ3n) is 6.01. The van der Waals surface area contributed by atoms with Crippen LogP contribution in [0.3, 0.4) is 0 Å². The maximum atomic E-state index is 12.9. The fourth-order valence-corrected chi connectivity index (χ4v) is 4.72. The maximum Gasteiger partial charge on any atom is 0.261 e. The van der Waals surface area contributed by atoms with Crippen molar-refractivity contribution >= 4 is 16.7 Å². The van der Waals surface area contributed by atoms with Crippen molar-refractivity contribution in [2.45, 2.75) is 43.9 Å². The topological polar surface area (TPSA) is 51.7 Å². The van der Waals surface area contributed by atoms with Crippen molar-refractivity contribution in [3.8, 4) is 11.5 Å². The lowest BCUT2D eigenvalue weighted by Gasteiger charge is -2.38. The molecule has 1 aromatic heterocycles. The number of nitrogens with zero attached hydrogens (tertiary/aromatic N) is 2. The molecule has 29 heavy (non-hydrogen) atoms. The third-order valence-corrected chi connectivity index (χ3v) is 6.01. The van der Waals surface area contributed by atoms with Gasteiger partial charge in [0.05, 0.1) is 0 Å². The lowest BCUT2D eigenvalue weighted by molar-refractivity contribution is -0.139. The number of carbonyl (C=O) groups is 1. The molecule has 0 radical (unpaired) electrons. The molecule has 5 nitrogen and oxygen atoms in total. The van der Waals surface area contributed by atoms with Crippen LogP contribution in [-0.4, -0.2) is 40.6 Å². The van der Waals surface area contributed by atoms with Gasteiger partial charge in [0.1, 0.15) is 17.6 Å². The Balaban J connectivity index is 1.20. The van der Waals surface area contributed by atoms with Gasteiger partial charge >= 0.3 is 0 Å². The van der Waals surface area contributed by atoms with Gasteiger partial charge in [-0.25, -0.2) is 0 Å². The van der Waals surface area contributed by atoms with Gasteiger partial charge < -0.3 is 14.4 Å². The molecule has 2 aromatic carbocycles. The minimum absolute atomic E-state index is 0.0769. The molecule has 148 valence electrons. The maximum absolute atomic E-state index is 12.9. The number of hydrogen-bond donors (Lipinski definition) is 0. The van der Waals surface area contributed by atoms with E-state index in [0.29, 0.717) is 0 Å². The first-order valence-corrected chi connectivity index (χ1v) is 10.3. The van der Waals surface area contributed by atoms with E-state index in [1.807, 2.05) is 47.4 Å². The Morgan fingerprint density at radius 2 is 1.66 bits per heavy atom. The van der Waals surface area contributed by atoms with Crippen LogP contribution in [0.15, 0.2) is 67.0 Å². The van der Waals surface area contributed by atoms with Crippen LogP contribution in [0.25, 0.3) is 10.8 Å². The fraction of sp³-hybridized carbons (Fsp3) is 0.333. The Morgan fingerprint density at radius 3 is 2.41 bits per heavy atom. The van der Waals surface area contributed by atoms with Gasteiger partial charge in [0, 0.05) is 37.3 Å². The van der Waals surface area contributed by atoms with E-state index in [9.17, 15) is 4.79 Å². The summed E-state index contributed by atoms with van der Waals surface area (Å²) in [6.07, 6.45) is 7.48. The van der Waals surface area contributed by atoms with Crippen molar-refractivity contribution < 1.29 is 14.3 Å². The molecule has 3 heterocycles. The van der Waals surface area contributed by atoms with E-state index in [2.05, 4.69) is 17.1 Å². The summed E-state index contributed by atoms with van der Waals surface area (Å²) in [5, 5.41) is 2.28. The van der Waals surface area contributed by atoms with Gasteiger partial charge in [-0.1, -0.05) is 30.3 Å². The van der Waals surface area contributed by atoms with Gasteiger partial charge in [0.15, 0.2) is 6.61 Å². The number of pyridine rings is 1. The van der Waals surface area contributed by atoms with Crippen molar-refractivity contribution in [3.63, 3.8) is 0 Å². The van der Waals surface area contributed by atoms with Crippen molar-refractivity contribution in [1.29, 1.82) is 0 Å². The molecular formula is C24H24N2O3. The standard InChI is InChI=1S/C24H24N2O3/c27-24(16-28-22-8-5-17-3-1-2-4-18(17)13-22)26-19-6-7-20(26)15-23(14-19)29-21-9-11-25-12-10-21/h1-5,8-13,19-20,23H,6-7,14-16H2. The highest BCUT2D eigenvalue weighted by Crippen LogP contribution is 2.37. The fourth-order valence-electron chi connectivity index (χ4n) is 4.72. The number of rotatable bonds is 5. The second-order valence-electron chi connectivity index (χ2n) is 7.88. The summed E-state index contributed by atoms with van der Waals surface area (Å²) in [5.41, 5.74) is 0. The van der Waals surface area contributed by atoms with Crippen molar-refractivity contribution in [2.75, 3.05) is 6.61 Å². The van der Waals surface area contributed by atoms with Gasteiger partial charge in [-0.15, -0.1) is 0 Å². The predicted molar refractivity (Wildman–Crippen MR) is 111 cm³/mol. The van der Waals surface area contributed by atoms with Crippen LogP contribution in [0.4, 0.5) is 0 Å². The van der Waals surface area contributed by atoms with E-state index < -0.39 is 0 Å². The number of hydrogen-bond acceptors (Lipinski definition) is 4. The van der Waals surface area contributed by atoms with Gasteiger partial charge in [-0.3, -0.25) is 9.78 Å². The van der Waals surface area contributed by atoms with E-state index in [0.717, 1.165) is 42.6 Å². The summed E-state index contributed by atoms with van der Waals surface area (Å²) in [4.78, 5) is 19.0. The largest absolute Gasteiger partial charge is 0.490 e. The SMILES string of the molecule is O=C(COc1ccc2ccccc2c1)N1C2CCC1CC(Oc1ccncc1)C2. The molecule has 2 unspecified atom stereocenters. The number of carbonyl (C=O) groups excluding carboxylic acids is 1. The number of ether oxygens (including phenoxy) is 2. The zero-order chi connectivity index (χ0) is 19.6. The molecule has 2 fully saturated rings. The first kappa shape index (κ1) is 18.0. The molecule has 5 rings (SSSR count). The summed E-state index contributed by atoms with van der Waals surface area (Å²) in [6, 6.07) is 18.4. The molecular weight excluding hydrogens is 364 g/mol. The van der Waals surface area contributed by atoms with Crippen molar-refractivity contribution in [1.82, 2.24) is 9.88 Å². The highest BCUT2D eigenvalue weighted by atomic mass is 16.5. The van der Waals surface area contributed by atoms with E-state index in [1.165, 1.54) is 5.39 Å². The lowest BCUT2D eigenvalue weighted by Crippen LogP contribution is -2.50. The monoisotopic (exact) mass is 388 g/mol. The predicted octanol–water partition coefficient (Wildman–Crippen LogP) is 4.21. The normalized spacial score (nSPS) is 23.2. The number of fused-ring (bicyclic) bond motifs is 3. The quantitative estimate of drug-likeness (QED) is 0.657. The van der Waals surface area contributed by atoms with Crippen LogP contribution >= 0.6 is 0 Å². The second-order valence-corrected chi connectivity index (χ2v) is 7.88. The average molecular weight is 388 g/mol. The highest BCUT2D eigenvalue weighted by Gasteiger charge is 2.44. The summed E-state index contributed by atoms with van der Waals surface area (Å²) >= 11 is 0. The smallest absolute Gasteiger partial charge is 0.261 e. The minimum Gasteiger partial charge on any atom is -0.490 e. The molecule has 2 bridgehead atoms. The van der Waals surface area contributed by atoms with E-state index in [-0.39, 0.29) is 30.7 Å². The van der Waals surface area contributed by atoms with Crippen LogP contribution in [0, 0.1) is 0 Å². The summed E-state index contributed by atoms with van der Waals surface area (Å²) < 4.78 is 12.0. The van der Waals surface area contributed by atoms with E-state index >= 15 is 0 Å². The summed E-state index contributed by atoms with van der Waals surface area (Å²) in [7, 11) is 0. The van der Waals surface area contributed by atoms with Gasteiger partial charge in [-0.2, -0.15) is 0 Å². The Morgan fingerprint density at radius 1 is 0.931 bits per heavy atom. The molecule has 2 atom stereocenters. The van der Waals surface area contributed by atoms with Crippen LogP contribution in [0.2, 0.25) is 0 Å². The van der Waals surface area contributed by atoms with E-state index in [4.69, 9.17) is 9.47 Å². The number of aromatic nitrogens is 1. The molecule has 3 aromatic rings. The summed E-state index contributed by atoms with van der Waals surface area (Å²) in [6.45, 7) is 0.0845. The Labute approximate surface area is 170 Å². The number of benzene rings is 2. The molecule has 2 aliphatic heterocycles. The zero-order valence-electron chi connectivity index (χ0n) is 16.2. The van der Waals surface area contributed by atoms with E-state index in [1.54, 1.807) is 12.4 Å². The number of amides is 1. The Kier molecular flexibility index (Phi) is 4.80. The van der Waals surface area contributed by atoms with Gasteiger partial charge in [0.2, 0.25) is 0 Å². The highest BCUT2D eigenvalue weighted by molar-refractivity contribution is 5.84. The van der Waals surface area contributed by atoms with Gasteiger partial charge in [0.25, 0.3) is 5.91 Å². The molecule has 0 aliphatic carbocycles. The third kappa shape index (κ3) is 3.77. The molecule has 2 aliphatic rings. The number of piperidine rings is 1. The summed E-state index contributed by atoms with van der Waals surface area (Å²) in [5.74, 6) is 1.66. The van der Waals surface area contributed by atoms with Crippen LogP contribution < -0.4 is 9.47 Å². The molecule has 2 saturated heterocycles. The first-order valence-electron chi connectivity index (χ1n) is 10.3. The van der Waals surface area contributed by atoms with Crippen molar-refractivity contribution in [2.24, 2.45) is 0 Å². The average Bonchev–Trinajstić information content (AvgIpc) is 3.03. The molecule has 1 amide bonds. The molecule has 0 saturated carbocycles. The second kappa shape index (κ2) is 7.74. The minimum atomic E-state index is 0.0769. The first-order chi connectivity index (χ1) is 14.3. The molecule has 0 N–H and O–H groups in total. The van der Waals surface area contributed by atoms with Crippen LogP contribution in [-0.2, 0) is 4.79 Å². The molecule has 5 heteroatoms. The van der Waals surface area contributed by atoms with Gasteiger partial charge in [-0.05, 0) is 47.9 Å². The zero-order valence-corrected chi connectivity index (χ0v) is 16.2. The Hall–Kier alpha value is -3.08. The lowest BCUT2D eigenvalue weighted by atomic mass is 9.99. The Bertz CT molecular complexity index is 993.